The third-order valence-electron chi connectivity index (χ3n) is 3.33. The van der Waals surface area contributed by atoms with Crippen molar-refractivity contribution in [2.75, 3.05) is 7.11 Å². The van der Waals surface area contributed by atoms with E-state index in [9.17, 15) is 4.79 Å². The number of ether oxygens (including phenoxy) is 1. The minimum Gasteiger partial charge on any atom is -0.497 e. The maximum absolute atomic E-state index is 11.2. The van der Waals surface area contributed by atoms with Gasteiger partial charge in [-0.15, -0.1) is 11.3 Å². The minimum atomic E-state index is -0.777. The van der Waals surface area contributed by atoms with Crippen molar-refractivity contribution in [1.82, 2.24) is 4.98 Å². The van der Waals surface area contributed by atoms with Crippen LogP contribution in [0, 0.1) is 0 Å². The van der Waals surface area contributed by atoms with Crippen LogP contribution in [-0.2, 0) is 11.2 Å². The summed E-state index contributed by atoms with van der Waals surface area (Å²) in [6, 6.07) is 7.68. The Labute approximate surface area is 114 Å². The Morgan fingerprint density at radius 1 is 1.53 bits per heavy atom. The predicted molar refractivity (Wildman–Crippen MR) is 72.8 cm³/mol. The van der Waals surface area contributed by atoms with Crippen LogP contribution in [0.3, 0.4) is 0 Å². The SMILES string of the molecule is COc1cccc(-c2nc3c(s2)CCC3C(=O)O)c1. The third-order valence-corrected chi connectivity index (χ3v) is 4.51. The minimum absolute atomic E-state index is 0.439. The number of carbonyl (C=O) groups is 1. The molecule has 1 heterocycles. The number of hydrogen-bond acceptors (Lipinski definition) is 4. The summed E-state index contributed by atoms with van der Waals surface area (Å²) in [5, 5.41) is 10.0. The standard InChI is InChI=1S/C14H13NO3S/c1-18-9-4-2-3-8(7-9)13-15-12-10(14(16)17)5-6-11(12)19-13/h2-4,7,10H,5-6H2,1H3,(H,16,17). The number of benzene rings is 1. The van der Waals surface area contributed by atoms with E-state index in [2.05, 4.69) is 4.98 Å². The molecule has 5 heteroatoms. The number of nitrogens with zero attached hydrogens (tertiary/aromatic N) is 1. The molecule has 1 aliphatic rings. The molecule has 19 heavy (non-hydrogen) atoms. The molecule has 4 nitrogen and oxygen atoms in total. The van der Waals surface area contributed by atoms with Gasteiger partial charge in [0.25, 0.3) is 0 Å². The highest BCUT2D eigenvalue weighted by atomic mass is 32.1. The maximum Gasteiger partial charge on any atom is 0.312 e. The van der Waals surface area contributed by atoms with Crippen molar-refractivity contribution >= 4 is 17.3 Å². The lowest BCUT2D eigenvalue weighted by Crippen LogP contribution is -2.08. The number of aromatic nitrogens is 1. The molecule has 0 radical (unpaired) electrons. The number of fused-ring (bicyclic) bond motifs is 1. The number of carboxylic acids is 1. The molecule has 0 saturated heterocycles. The van der Waals surface area contributed by atoms with Gasteiger partial charge >= 0.3 is 5.97 Å². The first-order valence-corrected chi connectivity index (χ1v) is 6.87. The lowest BCUT2D eigenvalue weighted by Gasteiger charge is -2.03. The molecule has 98 valence electrons. The largest absolute Gasteiger partial charge is 0.497 e. The molecule has 0 aliphatic heterocycles. The van der Waals surface area contributed by atoms with Crippen LogP contribution < -0.4 is 4.74 Å². The number of carboxylic acid groups (broad SMARTS) is 1. The maximum atomic E-state index is 11.2. The van der Waals surface area contributed by atoms with Crippen molar-refractivity contribution in [3.8, 4) is 16.3 Å². The molecule has 1 aromatic heterocycles. The van der Waals surface area contributed by atoms with Crippen LogP contribution in [-0.4, -0.2) is 23.2 Å². The van der Waals surface area contributed by atoms with E-state index < -0.39 is 11.9 Å². The Morgan fingerprint density at radius 3 is 3.11 bits per heavy atom. The van der Waals surface area contributed by atoms with Crippen molar-refractivity contribution in [3.05, 3.63) is 34.8 Å². The molecule has 2 aromatic rings. The van der Waals surface area contributed by atoms with E-state index in [4.69, 9.17) is 9.84 Å². The number of aryl methyl sites for hydroxylation is 1. The van der Waals surface area contributed by atoms with Gasteiger partial charge in [0.1, 0.15) is 16.7 Å². The number of hydrogen-bond donors (Lipinski definition) is 1. The monoisotopic (exact) mass is 275 g/mol. The van der Waals surface area contributed by atoms with Crippen LogP contribution >= 0.6 is 11.3 Å². The summed E-state index contributed by atoms with van der Waals surface area (Å²) in [5.41, 5.74) is 1.72. The Morgan fingerprint density at radius 2 is 2.37 bits per heavy atom. The normalized spacial score (nSPS) is 17.2. The van der Waals surface area contributed by atoms with Crippen molar-refractivity contribution in [2.24, 2.45) is 0 Å². The summed E-state index contributed by atoms with van der Waals surface area (Å²) < 4.78 is 5.20. The van der Waals surface area contributed by atoms with Crippen molar-refractivity contribution in [1.29, 1.82) is 0 Å². The highest BCUT2D eigenvalue weighted by Gasteiger charge is 2.32. The van der Waals surface area contributed by atoms with E-state index in [1.54, 1.807) is 18.4 Å². The van der Waals surface area contributed by atoms with E-state index in [-0.39, 0.29) is 0 Å². The zero-order valence-corrected chi connectivity index (χ0v) is 11.2. The zero-order valence-electron chi connectivity index (χ0n) is 10.4. The molecule has 0 saturated carbocycles. The van der Waals surface area contributed by atoms with Gasteiger partial charge in [0.15, 0.2) is 0 Å². The molecule has 0 amide bonds. The van der Waals surface area contributed by atoms with Crippen LogP contribution in [0.15, 0.2) is 24.3 Å². The average Bonchev–Trinajstić information content (AvgIpc) is 2.98. The van der Waals surface area contributed by atoms with E-state index >= 15 is 0 Å². The fourth-order valence-corrected chi connectivity index (χ4v) is 3.48. The first-order chi connectivity index (χ1) is 9.19. The van der Waals surface area contributed by atoms with E-state index in [0.717, 1.165) is 33.3 Å². The quantitative estimate of drug-likeness (QED) is 0.935. The Bertz CT molecular complexity index is 635. The predicted octanol–water partition coefficient (Wildman–Crippen LogP) is 2.93. The molecule has 1 atom stereocenters. The smallest absolute Gasteiger partial charge is 0.312 e. The van der Waals surface area contributed by atoms with Crippen LogP contribution in [0.25, 0.3) is 10.6 Å². The van der Waals surface area contributed by atoms with E-state index in [1.165, 1.54) is 0 Å². The summed E-state index contributed by atoms with van der Waals surface area (Å²) in [4.78, 5) is 16.8. The lowest BCUT2D eigenvalue weighted by atomic mass is 10.1. The van der Waals surface area contributed by atoms with E-state index in [1.807, 2.05) is 24.3 Å². The molecule has 1 unspecified atom stereocenters. The van der Waals surface area contributed by atoms with Gasteiger partial charge in [-0.05, 0) is 25.0 Å². The van der Waals surface area contributed by atoms with Crippen molar-refractivity contribution in [2.45, 2.75) is 18.8 Å². The number of rotatable bonds is 3. The van der Waals surface area contributed by atoms with Gasteiger partial charge in [-0.3, -0.25) is 4.79 Å². The Kier molecular flexibility index (Phi) is 2.98. The van der Waals surface area contributed by atoms with Gasteiger partial charge < -0.3 is 9.84 Å². The first kappa shape index (κ1) is 12.2. The van der Waals surface area contributed by atoms with Gasteiger partial charge in [0.2, 0.25) is 0 Å². The molecule has 3 rings (SSSR count). The molecule has 0 fully saturated rings. The van der Waals surface area contributed by atoms with E-state index in [0.29, 0.717) is 6.42 Å². The van der Waals surface area contributed by atoms with Crippen LogP contribution in [0.1, 0.15) is 22.9 Å². The summed E-state index contributed by atoms with van der Waals surface area (Å²) in [6.45, 7) is 0. The van der Waals surface area contributed by atoms with Gasteiger partial charge in [-0.2, -0.15) is 0 Å². The highest BCUT2D eigenvalue weighted by molar-refractivity contribution is 7.15. The topological polar surface area (TPSA) is 59.4 Å². The molecule has 0 bridgehead atoms. The van der Waals surface area contributed by atoms with Crippen LogP contribution in [0.4, 0.5) is 0 Å². The number of thiazole rings is 1. The Hall–Kier alpha value is -1.88. The fraction of sp³-hybridized carbons (Fsp3) is 0.286. The van der Waals surface area contributed by atoms with Gasteiger partial charge in [-0.1, -0.05) is 12.1 Å². The average molecular weight is 275 g/mol. The van der Waals surface area contributed by atoms with Crippen molar-refractivity contribution < 1.29 is 14.6 Å². The Balaban J connectivity index is 1.99. The molecule has 0 spiro atoms. The molecule has 1 aliphatic carbocycles. The number of methoxy groups -OCH3 is 1. The van der Waals surface area contributed by atoms with Crippen LogP contribution in [0.2, 0.25) is 0 Å². The molecule has 1 N–H and O–H groups in total. The van der Waals surface area contributed by atoms with Gasteiger partial charge in [0, 0.05) is 10.4 Å². The molecular formula is C14H13NO3S. The van der Waals surface area contributed by atoms with Gasteiger partial charge in [0.05, 0.1) is 12.8 Å². The molecular weight excluding hydrogens is 262 g/mol. The highest BCUT2D eigenvalue weighted by Crippen LogP contribution is 2.40. The van der Waals surface area contributed by atoms with Crippen LogP contribution in [0.5, 0.6) is 5.75 Å². The number of aliphatic carboxylic acids is 1. The fourth-order valence-electron chi connectivity index (χ4n) is 2.35. The summed E-state index contributed by atoms with van der Waals surface area (Å²) in [5.74, 6) is -0.436. The summed E-state index contributed by atoms with van der Waals surface area (Å²) in [7, 11) is 1.63. The third kappa shape index (κ3) is 2.10. The first-order valence-electron chi connectivity index (χ1n) is 6.06. The molecule has 1 aromatic carbocycles. The zero-order chi connectivity index (χ0) is 13.4. The summed E-state index contributed by atoms with van der Waals surface area (Å²) in [6.07, 6.45) is 1.48. The lowest BCUT2D eigenvalue weighted by molar-refractivity contribution is -0.138. The second-order valence-corrected chi connectivity index (χ2v) is 5.57. The second kappa shape index (κ2) is 4.66. The second-order valence-electron chi connectivity index (χ2n) is 4.49. The van der Waals surface area contributed by atoms with Gasteiger partial charge in [-0.25, -0.2) is 4.98 Å². The van der Waals surface area contributed by atoms with Crippen molar-refractivity contribution in [3.63, 3.8) is 0 Å². The summed E-state index contributed by atoms with van der Waals surface area (Å²) >= 11 is 1.59.